The summed E-state index contributed by atoms with van der Waals surface area (Å²) in [5.41, 5.74) is 2.22. The predicted molar refractivity (Wildman–Crippen MR) is 88.6 cm³/mol. The second kappa shape index (κ2) is 7.79. The summed E-state index contributed by atoms with van der Waals surface area (Å²) in [7, 11) is 0. The minimum atomic E-state index is 0.556. The average molecular weight is 284 g/mol. The zero-order valence-corrected chi connectivity index (χ0v) is 13.1. The summed E-state index contributed by atoms with van der Waals surface area (Å²) in [6.45, 7) is 8.80. The van der Waals surface area contributed by atoms with Crippen molar-refractivity contribution in [2.75, 3.05) is 13.2 Å². The highest BCUT2D eigenvalue weighted by molar-refractivity contribution is 5.82. The van der Waals surface area contributed by atoms with Crippen molar-refractivity contribution in [3.05, 3.63) is 48.0 Å². The van der Waals surface area contributed by atoms with Crippen LogP contribution in [-0.4, -0.2) is 18.1 Å². The van der Waals surface area contributed by atoms with Crippen molar-refractivity contribution in [3.63, 3.8) is 0 Å². The highest BCUT2D eigenvalue weighted by atomic mass is 16.5. The van der Waals surface area contributed by atoms with Crippen LogP contribution in [0.3, 0.4) is 0 Å². The van der Waals surface area contributed by atoms with Crippen molar-refractivity contribution in [2.45, 2.75) is 27.3 Å². The number of benzene rings is 1. The van der Waals surface area contributed by atoms with Crippen LogP contribution in [0.15, 0.2) is 42.5 Å². The van der Waals surface area contributed by atoms with Crippen LogP contribution in [0.25, 0.3) is 10.9 Å². The van der Waals surface area contributed by atoms with Gasteiger partial charge in [-0.05, 0) is 31.0 Å². The molecule has 1 N–H and O–H groups in total. The molecule has 0 unspecified atom stereocenters. The number of nitrogens with zero attached hydrogens (tertiary/aromatic N) is 1. The standard InChI is InChI=1S/C18H24N2O/c1-4-5-10-21-18-11-15(13-19-12-14(2)3)16-8-6-7-9-17(16)20-18/h4-9,11,14,19H,10,12-13H2,1-3H3. The largest absolute Gasteiger partial charge is 0.473 e. The molecule has 0 fully saturated rings. The lowest BCUT2D eigenvalue weighted by molar-refractivity contribution is 0.349. The zero-order valence-electron chi connectivity index (χ0n) is 13.1. The molecule has 1 aromatic carbocycles. The third kappa shape index (κ3) is 4.57. The molecule has 21 heavy (non-hydrogen) atoms. The van der Waals surface area contributed by atoms with Gasteiger partial charge in [0.05, 0.1) is 5.52 Å². The monoisotopic (exact) mass is 284 g/mol. The molecular weight excluding hydrogens is 260 g/mol. The topological polar surface area (TPSA) is 34.1 Å². The van der Waals surface area contributed by atoms with E-state index in [-0.39, 0.29) is 0 Å². The number of para-hydroxylation sites is 1. The van der Waals surface area contributed by atoms with E-state index in [1.807, 2.05) is 37.3 Å². The SMILES string of the molecule is CC=CCOc1cc(CNCC(C)C)c2ccccc2n1. The van der Waals surface area contributed by atoms with Crippen molar-refractivity contribution >= 4 is 10.9 Å². The lowest BCUT2D eigenvalue weighted by Crippen LogP contribution is -2.19. The molecule has 0 aliphatic carbocycles. The number of hydrogen-bond acceptors (Lipinski definition) is 3. The Morgan fingerprint density at radius 2 is 2.10 bits per heavy atom. The molecular formula is C18H24N2O. The van der Waals surface area contributed by atoms with Crippen LogP contribution in [0.2, 0.25) is 0 Å². The summed E-state index contributed by atoms with van der Waals surface area (Å²) in [6, 6.07) is 10.3. The molecule has 0 aliphatic heterocycles. The second-order valence-electron chi connectivity index (χ2n) is 5.54. The third-order valence-corrected chi connectivity index (χ3v) is 3.21. The number of rotatable bonds is 7. The van der Waals surface area contributed by atoms with Gasteiger partial charge in [-0.1, -0.05) is 44.2 Å². The fourth-order valence-corrected chi connectivity index (χ4v) is 2.17. The van der Waals surface area contributed by atoms with Gasteiger partial charge in [-0.2, -0.15) is 0 Å². The minimum absolute atomic E-state index is 0.556. The maximum absolute atomic E-state index is 5.70. The van der Waals surface area contributed by atoms with Crippen LogP contribution < -0.4 is 10.1 Å². The van der Waals surface area contributed by atoms with E-state index in [9.17, 15) is 0 Å². The number of hydrogen-bond donors (Lipinski definition) is 1. The molecule has 0 radical (unpaired) electrons. The lowest BCUT2D eigenvalue weighted by Gasteiger charge is -2.12. The van der Waals surface area contributed by atoms with Gasteiger partial charge >= 0.3 is 0 Å². The smallest absolute Gasteiger partial charge is 0.214 e. The molecule has 0 spiro atoms. The summed E-state index contributed by atoms with van der Waals surface area (Å²) >= 11 is 0. The van der Waals surface area contributed by atoms with Gasteiger partial charge < -0.3 is 10.1 Å². The molecule has 0 saturated heterocycles. The van der Waals surface area contributed by atoms with E-state index in [0.717, 1.165) is 18.6 Å². The molecule has 0 saturated carbocycles. The van der Waals surface area contributed by atoms with Gasteiger partial charge in [-0.25, -0.2) is 4.98 Å². The Bertz CT molecular complexity index is 605. The van der Waals surface area contributed by atoms with Gasteiger partial charge in [0, 0.05) is 18.0 Å². The fourth-order valence-electron chi connectivity index (χ4n) is 2.17. The second-order valence-corrected chi connectivity index (χ2v) is 5.54. The number of nitrogens with one attached hydrogen (secondary N) is 1. The molecule has 0 aliphatic rings. The Kier molecular flexibility index (Phi) is 5.76. The van der Waals surface area contributed by atoms with Crippen LogP contribution in [0, 0.1) is 5.92 Å². The molecule has 0 atom stereocenters. The first-order chi connectivity index (χ1) is 10.2. The van der Waals surface area contributed by atoms with Crippen molar-refractivity contribution in [1.29, 1.82) is 0 Å². The molecule has 3 nitrogen and oxygen atoms in total. The van der Waals surface area contributed by atoms with E-state index in [1.54, 1.807) is 0 Å². The number of allylic oxidation sites excluding steroid dienone is 1. The highest BCUT2D eigenvalue weighted by Gasteiger charge is 2.06. The van der Waals surface area contributed by atoms with Crippen LogP contribution in [0.1, 0.15) is 26.3 Å². The van der Waals surface area contributed by atoms with Crippen LogP contribution in [0.4, 0.5) is 0 Å². The van der Waals surface area contributed by atoms with Crippen molar-refractivity contribution in [1.82, 2.24) is 10.3 Å². The van der Waals surface area contributed by atoms with Gasteiger partial charge in [0.2, 0.25) is 5.88 Å². The van der Waals surface area contributed by atoms with Gasteiger partial charge in [0.15, 0.2) is 0 Å². The first kappa shape index (κ1) is 15.5. The van der Waals surface area contributed by atoms with E-state index in [0.29, 0.717) is 18.4 Å². The maximum atomic E-state index is 5.70. The molecule has 0 amide bonds. The molecule has 2 rings (SSSR count). The van der Waals surface area contributed by atoms with Crippen molar-refractivity contribution in [3.8, 4) is 5.88 Å². The fraction of sp³-hybridized carbons (Fsp3) is 0.389. The molecule has 0 bridgehead atoms. The van der Waals surface area contributed by atoms with Crippen molar-refractivity contribution in [2.24, 2.45) is 5.92 Å². The van der Waals surface area contributed by atoms with Gasteiger partial charge in [0.25, 0.3) is 0 Å². The summed E-state index contributed by atoms with van der Waals surface area (Å²) in [6.07, 6.45) is 3.96. The van der Waals surface area contributed by atoms with Gasteiger partial charge in [0.1, 0.15) is 6.61 Å². The number of aromatic nitrogens is 1. The first-order valence-electron chi connectivity index (χ1n) is 7.54. The van der Waals surface area contributed by atoms with E-state index < -0.39 is 0 Å². The van der Waals surface area contributed by atoms with Crippen LogP contribution >= 0.6 is 0 Å². The summed E-state index contributed by atoms with van der Waals surface area (Å²) in [5.74, 6) is 1.33. The highest BCUT2D eigenvalue weighted by Crippen LogP contribution is 2.22. The minimum Gasteiger partial charge on any atom is -0.473 e. The van der Waals surface area contributed by atoms with E-state index in [2.05, 4.69) is 36.3 Å². The number of ether oxygens (including phenoxy) is 1. The van der Waals surface area contributed by atoms with Crippen LogP contribution in [0.5, 0.6) is 5.88 Å². The molecule has 1 heterocycles. The molecule has 3 heteroatoms. The zero-order chi connectivity index (χ0) is 15.1. The van der Waals surface area contributed by atoms with Crippen LogP contribution in [-0.2, 0) is 6.54 Å². The molecule has 1 aromatic heterocycles. The summed E-state index contributed by atoms with van der Waals surface area (Å²) < 4.78 is 5.70. The van der Waals surface area contributed by atoms with E-state index >= 15 is 0 Å². The Labute approximate surface area is 127 Å². The maximum Gasteiger partial charge on any atom is 0.214 e. The Morgan fingerprint density at radius 3 is 2.86 bits per heavy atom. The Morgan fingerprint density at radius 1 is 1.29 bits per heavy atom. The number of pyridine rings is 1. The van der Waals surface area contributed by atoms with Crippen molar-refractivity contribution < 1.29 is 4.74 Å². The quantitative estimate of drug-likeness (QED) is 0.782. The summed E-state index contributed by atoms with van der Waals surface area (Å²) in [5, 5.41) is 4.68. The summed E-state index contributed by atoms with van der Waals surface area (Å²) in [4.78, 5) is 4.57. The third-order valence-electron chi connectivity index (χ3n) is 3.21. The predicted octanol–water partition coefficient (Wildman–Crippen LogP) is 3.94. The molecule has 112 valence electrons. The van der Waals surface area contributed by atoms with Gasteiger partial charge in [-0.15, -0.1) is 0 Å². The molecule has 2 aromatic rings. The Balaban J connectivity index is 2.22. The normalized spacial score (nSPS) is 11.6. The van der Waals surface area contributed by atoms with Gasteiger partial charge in [-0.3, -0.25) is 0 Å². The lowest BCUT2D eigenvalue weighted by atomic mass is 10.1. The van der Waals surface area contributed by atoms with E-state index in [1.165, 1.54) is 10.9 Å². The number of fused-ring (bicyclic) bond motifs is 1. The first-order valence-corrected chi connectivity index (χ1v) is 7.54. The van der Waals surface area contributed by atoms with E-state index in [4.69, 9.17) is 4.74 Å². The Hall–Kier alpha value is -1.87. The average Bonchev–Trinajstić information content (AvgIpc) is 2.47.